The maximum Gasteiger partial charge on any atom is 0.314 e. The second-order valence-corrected chi connectivity index (χ2v) is 18.8. The minimum absolute atomic E-state index is 0.0566. The normalized spacial score (nSPS) is 41.8. The van der Waals surface area contributed by atoms with E-state index in [-0.39, 0.29) is 35.1 Å². The van der Waals surface area contributed by atoms with E-state index in [2.05, 4.69) is 40.7 Å². The van der Waals surface area contributed by atoms with Crippen molar-refractivity contribution in [2.45, 2.75) is 139 Å². The fourth-order valence-electron chi connectivity index (χ4n) is 12.0. The third kappa shape index (κ3) is 5.95. The quantitative estimate of drug-likeness (QED) is 0.241. The number of carbonyl (C=O) groups excluding carboxylic acids is 6. The summed E-state index contributed by atoms with van der Waals surface area (Å²) in [6.45, 7) is 17.9. The van der Waals surface area contributed by atoms with E-state index in [0.29, 0.717) is 32.1 Å². The van der Waals surface area contributed by atoms with Crippen molar-refractivity contribution >= 4 is 35.4 Å². The van der Waals surface area contributed by atoms with E-state index in [1.165, 1.54) is 13.8 Å². The number of carbonyl (C=O) groups is 6. The molecule has 3 saturated carbocycles. The highest BCUT2D eigenvalue weighted by molar-refractivity contribution is 6.04. The molecule has 6 aliphatic rings. The molecular weight excluding hydrogens is 694 g/mol. The zero-order valence-corrected chi connectivity index (χ0v) is 33.3. The summed E-state index contributed by atoms with van der Waals surface area (Å²) >= 11 is 0. The average molecular weight is 750 g/mol. The first-order valence-electron chi connectivity index (χ1n) is 19.3. The van der Waals surface area contributed by atoms with Gasteiger partial charge < -0.3 is 23.7 Å². The maximum atomic E-state index is 14.9. The number of hydrogen-bond acceptors (Lipinski definition) is 12. The Bertz CT molecular complexity index is 1780. The molecular formula is C42H55NO11. The number of allylic oxidation sites excluding steroid dienone is 4. The Labute approximate surface area is 317 Å². The van der Waals surface area contributed by atoms with E-state index < -0.39 is 87.4 Å². The van der Waals surface area contributed by atoms with Gasteiger partial charge in [0.15, 0.2) is 23.8 Å². The van der Waals surface area contributed by atoms with Crippen molar-refractivity contribution in [2.24, 2.45) is 50.2 Å². The molecule has 0 N–H and O–H groups in total. The number of nitriles is 1. The molecule has 0 amide bonds. The second-order valence-electron chi connectivity index (χ2n) is 18.8. The summed E-state index contributed by atoms with van der Waals surface area (Å²) in [4.78, 5) is 79.7. The molecule has 12 heteroatoms. The van der Waals surface area contributed by atoms with Crippen molar-refractivity contribution in [1.29, 1.82) is 5.26 Å². The van der Waals surface area contributed by atoms with Crippen LogP contribution in [0.25, 0.3) is 0 Å². The van der Waals surface area contributed by atoms with Gasteiger partial charge in [0.2, 0.25) is 12.4 Å². The minimum Gasteiger partial charge on any atom is -0.456 e. The summed E-state index contributed by atoms with van der Waals surface area (Å²) in [6, 6.07) is 2.15. The van der Waals surface area contributed by atoms with Crippen LogP contribution >= 0.6 is 0 Å². The van der Waals surface area contributed by atoms with Crippen LogP contribution in [0.4, 0.5) is 0 Å². The Balaban J connectivity index is 1.40. The summed E-state index contributed by atoms with van der Waals surface area (Å²) in [5.41, 5.74) is -2.66. The van der Waals surface area contributed by atoms with Gasteiger partial charge in [0.1, 0.15) is 6.07 Å². The van der Waals surface area contributed by atoms with Gasteiger partial charge in [-0.3, -0.25) is 28.8 Å². The van der Waals surface area contributed by atoms with E-state index in [9.17, 15) is 34.0 Å². The minimum atomic E-state index is -1.48. The summed E-state index contributed by atoms with van der Waals surface area (Å²) in [5, 5.41) is 10.0. The molecule has 5 aliphatic carbocycles. The number of ether oxygens (including phenoxy) is 5. The standard InChI is InChI=1S/C42H55NO11/c1-22(44)51-28-21-50-35(33(53-24(3)46)32(28)52-23(2)45)54-36(49)42-15-13-37(4,5)19-26(42)31-27(47)17-30-39(8)18-25(20-43)34(48)38(6,7)29(39)11-12-40(30,9)41(31,10)14-16-42/h17-18,26,28-29,31-33,35H,11-16,19,21H2,1-10H3/t26?,28-,29-,31?,32-,33+,35-,39-,40+,41+,42-/m0/s1. The predicted molar refractivity (Wildman–Crippen MR) is 191 cm³/mol. The van der Waals surface area contributed by atoms with Gasteiger partial charge in [-0.05, 0) is 79.1 Å². The molecule has 12 nitrogen and oxygen atoms in total. The van der Waals surface area contributed by atoms with E-state index in [1.807, 2.05) is 19.9 Å². The fourth-order valence-corrected chi connectivity index (χ4v) is 12.0. The molecule has 0 bridgehead atoms. The smallest absolute Gasteiger partial charge is 0.314 e. The van der Waals surface area contributed by atoms with Crippen molar-refractivity contribution in [3.05, 3.63) is 23.3 Å². The molecule has 1 aliphatic heterocycles. The highest BCUT2D eigenvalue weighted by atomic mass is 16.7. The van der Waals surface area contributed by atoms with Crippen molar-refractivity contribution < 1.29 is 52.5 Å². The first kappa shape index (κ1) is 39.8. The molecule has 0 aromatic carbocycles. The van der Waals surface area contributed by atoms with Crippen molar-refractivity contribution in [2.75, 3.05) is 6.61 Å². The number of esters is 4. The molecule has 294 valence electrons. The molecule has 0 radical (unpaired) electrons. The molecule has 0 aromatic heterocycles. The van der Waals surface area contributed by atoms with Crippen LogP contribution < -0.4 is 0 Å². The predicted octanol–water partition coefficient (Wildman–Crippen LogP) is 5.90. The van der Waals surface area contributed by atoms with Crippen LogP contribution in [-0.2, 0) is 52.5 Å². The molecule has 11 atom stereocenters. The molecule has 1 saturated heterocycles. The Hall–Kier alpha value is -3.85. The first-order valence-corrected chi connectivity index (χ1v) is 19.3. The molecule has 54 heavy (non-hydrogen) atoms. The Kier molecular flexibility index (Phi) is 9.69. The van der Waals surface area contributed by atoms with Crippen LogP contribution in [0, 0.1) is 61.6 Å². The Morgan fingerprint density at radius 3 is 2.04 bits per heavy atom. The van der Waals surface area contributed by atoms with Crippen molar-refractivity contribution in [3.63, 3.8) is 0 Å². The highest BCUT2D eigenvalue weighted by Crippen LogP contribution is 2.74. The maximum absolute atomic E-state index is 14.9. The van der Waals surface area contributed by atoms with Gasteiger partial charge in [0, 0.05) is 37.5 Å². The SMILES string of the molecule is CC(=O)O[C@@H]1[C@@H](OC(C)=O)[C@H](OC(=O)[C@]23CCC(C)(C)CC2C2C(=O)C=C4[C@@]5(C)C=C(C#N)C(=O)C(C)(C)[C@@H]5CC[C@@]4(C)[C@]2(C)CC3)OC[C@@H]1OC(C)=O. The van der Waals surface area contributed by atoms with Crippen LogP contribution in [0.5, 0.6) is 0 Å². The lowest BCUT2D eigenvalue weighted by Crippen LogP contribution is -2.66. The lowest BCUT2D eigenvalue weighted by Gasteiger charge is -2.68. The summed E-state index contributed by atoms with van der Waals surface area (Å²) in [7, 11) is 0. The highest BCUT2D eigenvalue weighted by Gasteiger charge is 2.71. The number of Topliss-reactive ketones (excluding diaryl/α,β-unsaturated/α-hetero) is 1. The first-order chi connectivity index (χ1) is 25.0. The molecule has 6 rings (SSSR count). The van der Waals surface area contributed by atoms with E-state index >= 15 is 0 Å². The zero-order chi connectivity index (χ0) is 40.0. The number of nitrogens with zero attached hydrogens (tertiary/aromatic N) is 1. The largest absolute Gasteiger partial charge is 0.456 e. The summed E-state index contributed by atoms with van der Waals surface area (Å²) in [5.74, 6) is -3.94. The van der Waals surface area contributed by atoms with E-state index in [4.69, 9.17) is 23.7 Å². The molecule has 0 spiro atoms. The zero-order valence-electron chi connectivity index (χ0n) is 33.3. The van der Waals surface area contributed by atoms with Gasteiger partial charge in [-0.15, -0.1) is 0 Å². The van der Waals surface area contributed by atoms with Crippen LogP contribution in [0.15, 0.2) is 23.3 Å². The molecule has 1 heterocycles. The number of rotatable bonds is 5. The topological polar surface area (TPSA) is 172 Å². The van der Waals surface area contributed by atoms with Gasteiger partial charge in [0.05, 0.1) is 17.6 Å². The lowest BCUT2D eigenvalue weighted by molar-refractivity contribution is -0.281. The van der Waals surface area contributed by atoms with Gasteiger partial charge in [0.25, 0.3) is 0 Å². The number of fused-ring (bicyclic) bond motifs is 7. The number of hydrogen-bond donors (Lipinski definition) is 0. The average Bonchev–Trinajstić information content (AvgIpc) is 3.05. The Morgan fingerprint density at radius 2 is 1.43 bits per heavy atom. The molecule has 2 unspecified atom stereocenters. The third-order valence-electron chi connectivity index (χ3n) is 14.8. The van der Waals surface area contributed by atoms with Gasteiger partial charge in [-0.25, -0.2) is 0 Å². The fraction of sp³-hybridized carbons (Fsp3) is 0.738. The summed E-state index contributed by atoms with van der Waals surface area (Å²) in [6.07, 6.45) is 2.54. The second kappa shape index (κ2) is 13.1. The monoisotopic (exact) mass is 749 g/mol. The van der Waals surface area contributed by atoms with Crippen LogP contribution in [0.1, 0.15) is 114 Å². The van der Waals surface area contributed by atoms with E-state index in [1.54, 1.807) is 6.08 Å². The van der Waals surface area contributed by atoms with Crippen LogP contribution in [0.3, 0.4) is 0 Å². The summed E-state index contributed by atoms with van der Waals surface area (Å²) < 4.78 is 28.5. The molecule has 4 fully saturated rings. The molecule has 0 aromatic rings. The third-order valence-corrected chi connectivity index (χ3v) is 14.8. The number of ketones is 2. The van der Waals surface area contributed by atoms with Gasteiger partial charge in [-0.1, -0.05) is 60.1 Å². The lowest BCUT2D eigenvalue weighted by atomic mass is 9.34. The van der Waals surface area contributed by atoms with Crippen LogP contribution in [0.2, 0.25) is 0 Å². The Morgan fingerprint density at radius 1 is 0.815 bits per heavy atom. The van der Waals surface area contributed by atoms with Crippen LogP contribution in [-0.4, -0.2) is 66.7 Å². The van der Waals surface area contributed by atoms with Gasteiger partial charge in [-0.2, -0.15) is 5.26 Å². The van der Waals surface area contributed by atoms with Crippen molar-refractivity contribution in [1.82, 2.24) is 0 Å². The van der Waals surface area contributed by atoms with Crippen molar-refractivity contribution in [3.8, 4) is 6.07 Å². The van der Waals surface area contributed by atoms with Gasteiger partial charge >= 0.3 is 23.9 Å². The van der Waals surface area contributed by atoms with E-state index in [0.717, 1.165) is 25.3 Å².